The molecule has 1 atom stereocenters. The maximum Gasteiger partial charge on any atom is 0.255 e. The number of piperidine rings is 1. The van der Waals surface area contributed by atoms with Crippen molar-refractivity contribution in [2.75, 3.05) is 52.9 Å². The van der Waals surface area contributed by atoms with Gasteiger partial charge >= 0.3 is 0 Å². The number of amides is 1. The van der Waals surface area contributed by atoms with Gasteiger partial charge in [0.2, 0.25) is 0 Å². The molecule has 5 heteroatoms. The molecular formula is C18H33N3O2. The molecule has 2 aliphatic heterocycles. The van der Waals surface area contributed by atoms with E-state index in [4.69, 9.17) is 0 Å². The van der Waals surface area contributed by atoms with Crippen molar-refractivity contribution in [3.63, 3.8) is 0 Å². The Morgan fingerprint density at radius 2 is 1.74 bits per heavy atom. The fourth-order valence-electron chi connectivity index (χ4n) is 4.44. The number of likely N-dealkylation sites (tertiary alicyclic amines) is 1. The number of piperazine rings is 1. The largest absolute Gasteiger partial charge is 0.379 e. The summed E-state index contributed by atoms with van der Waals surface area (Å²) in [5.74, 6) is 0.645. The van der Waals surface area contributed by atoms with Gasteiger partial charge in [0.15, 0.2) is 5.60 Å². The molecule has 1 amide bonds. The molecule has 1 N–H and O–H groups in total. The van der Waals surface area contributed by atoms with E-state index in [1.165, 1.54) is 32.1 Å². The van der Waals surface area contributed by atoms with Crippen molar-refractivity contribution >= 4 is 5.91 Å². The van der Waals surface area contributed by atoms with Gasteiger partial charge in [-0.3, -0.25) is 9.69 Å². The summed E-state index contributed by atoms with van der Waals surface area (Å²) in [5, 5.41) is 11.0. The summed E-state index contributed by atoms with van der Waals surface area (Å²) in [6.45, 7) is 6.17. The Balaban J connectivity index is 1.56. The van der Waals surface area contributed by atoms with E-state index >= 15 is 0 Å². The molecule has 3 fully saturated rings. The summed E-state index contributed by atoms with van der Waals surface area (Å²) in [7, 11) is 2.13. The number of carbonyl (C=O) groups is 1. The van der Waals surface area contributed by atoms with Crippen molar-refractivity contribution < 1.29 is 9.90 Å². The zero-order chi connectivity index (χ0) is 16.3. The molecule has 2 heterocycles. The number of likely N-dealkylation sites (N-methyl/N-ethyl adjacent to an activating group) is 1. The topological polar surface area (TPSA) is 47.0 Å². The van der Waals surface area contributed by atoms with Crippen molar-refractivity contribution in [3.8, 4) is 0 Å². The molecule has 3 aliphatic rings. The van der Waals surface area contributed by atoms with Crippen molar-refractivity contribution in [2.24, 2.45) is 5.92 Å². The number of hydrogen-bond acceptors (Lipinski definition) is 4. The van der Waals surface area contributed by atoms with Crippen molar-refractivity contribution in [3.05, 3.63) is 0 Å². The van der Waals surface area contributed by atoms with Gasteiger partial charge in [-0.15, -0.1) is 0 Å². The molecule has 3 rings (SSSR count). The molecule has 5 nitrogen and oxygen atoms in total. The lowest BCUT2D eigenvalue weighted by Crippen LogP contribution is -2.61. The van der Waals surface area contributed by atoms with Crippen LogP contribution in [0.3, 0.4) is 0 Å². The predicted molar refractivity (Wildman–Crippen MR) is 91.3 cm³/mol. The van der Waals surface area contributed by atoms with E-state index in [1.54, 1.807) is 0 Å². The molecule has 0 aromatic carbocycles. The molecule has 0 aromatic rings. The van der Waals surface area contributed by atoms with E-state index in [0.717, 1.165) is 45.7 Å². The Labute approximate surface area is 140 Å². The number of nitrogens with zero attached hydrogens (tertiary/aromatic N) is 3. The molecule has 1 aliphatic carbocycles. The molecule has 132 valence electrons. The van der Waals surface area contributed by atoms with Gasteiger partial charge in [0.25, 0.3) is 5.91 Å². The lowest BCUT2D eigenvalue weighted by Gasteiger charge is -2.43. The van der Waals surface area contributed by atoms with Gasteiger partial charge < -0.3 is 14.9 Å². The Bertz CT molecular complexity index is 403. The van der Waals surface area contributed by atoms with Crippen LogP contribution in [0.5, 0.6) is 0 Å². The van der Waals surface area contributed by atoms with E-state index in [-0.39, 0.29) is 5.91 Å². The molecule has 0 bridgehead atoms. The third-order valence-corrected chi connectivity index (χ3v) is 5.99. The van der Waals surface area contributed by atoms with Gasteiger partial charge in [-0.05, 0) is 38.6 Å². The normalized spacial score (nSPS) is 32.4. The molecule has 0 unspecified atom stereocenters. The quantitative estimate of drug-likeness (QED) is 0.844. The highest BCUT2D eigenvalue weighted by Gasteiger charge is 2.43. The molecule has 0 aromatic heterocycles. The number of rotatable bonds is 4. The summed E-state index contributed by atoms with van der Waals surface area (Å²) >= 11 is 0. The molecular weight excluding hydrogens is 290 g/mol. The van der Waals surface area contributed by atoms with Crippen molar-refractivity contribution in [2.45, 2.75) is 50.5 Å². The van der Waals surface area contributed by atoms with E-state index in [0.29, 0.717) is 18.9 Å². The zero-order valence-corrected chi connectivity index (χ0v) is 14.7. The number of carbonyl (C=O) groups excluding carboxylic acids is 1. The minimum absolute atomic E-state index is 0.00625. The van der Waals surface area contributed by atoms with Crippen LogP contribution in [-0.2, 0) is 4.79 Å². The van der Waals surface area contributed by atoms with Gasteiger partial charge in [0.05, 0.1) is 0 Å². The third kappa shape index (κ3) is 4.25. The second kappa shape index (κ2) is 7.49. The van der Waals surface area contributed by atoms with Gasteiger partial charge in [-0.1, -0.05) is 19.3 Å². The lowest BCUT2D eigenvalue weighted by atomic mass is 9.86. The summed E-state index contributed by atoms with van der Waals surface area (Å²) in [6.07, 6.45) is 8.01. The number of hydrogen-bond donors (Lipinski definition) is 1. The van der Waals surface area contributed by atoms with Crippen LogP contribution >= 0.6 is 0 Å². The van der Waals surface area contributed by atoms with Gasteiger partial charge in [-0.2, -0.15) is 0 Å². The smallest absolute Gasteiger partial charge is 0.255 e. The average Bonchev–Trinajstić information content (AvgIpc) is 2.55. The van der Waals surface area contributed by atoms with E-state index in [2.05, 4.69) is 16.8 Å². The predicted octanol–water partition coefficient (Wildman–Crippen LogP) is 1.17. The van der Waals surface area contributed by atoms with Crippen LogP contribution in [0, 0.1) is 5.92 Å². The van der Waals surface area contributed by atoms with Gasteiger partial charge in [0.1, 0.15) is 0 Å². The van der Waals surface area contributed by atoms with Crippen LogP contribution in [0.2, 0.25) is 0 Å². The molecule has 0 radical (unpaired) electrons. The first-order chi connectivity index (χ1) is 11.1. The summed E-state index contributed by atoms with van der Waals surface area (Å²) in [6, 6.07) is 0. The second-order valence-electron chi connectivity index (χ2n) is 7.97. The monoisotopic (exact) mass is 323 g/mol. The minimum Gasteiger partial charge on any atom is -0.379 e. The maximum atomic E-state index is 12.9. The molecule has 2 saturated heterocycles. The van der Waals surface area contributed by atoms with E-state index in [9.17, 15) is 9.90 Å². The van der Waals surface area contributed by atoms with Crippen LogP contribution in [0.4, 0.5) is 0 Å². The fraction of sp³-hybridized carbons (Fsp3) is 0.944. The summed E-state index contributed by atoms with van der Waals surface area (Å²) in [4.78, 5) is 19.4. The van der Waals surface area contributed by atoms with Crippen LogP contribution in [0.15, 0.2) is 0 Å². The molecule has 0 spiro atoms. The van der Waals surface area contributed by atoms with Crippen LogP contribution in [0.1, 0.15) is 44.9 Å². The minimum atomic E-state index is -1.15. The third-order valence-electron chi connectivity index (χ3n) is 5.99. The second-order valence-corrected chi connectivity index (χ2v) is 7.97. The first kappa shape index (κ1) is 17.2. The molecule has 23 heavy (non-hydrogen) atoms. The Hall–Kier alpha value is -0.650. The van der Waals surface area contributed by atoms with Crippen molar-refractivity contribution in [1.29, 1.82) is 0 Å². The number of β-amino-alcohol motifs (C(OH)–C–C–N with tert-alkyl or cyclic N) is 1. The Kier molecular flexibility index (Phi) is 5.60. The summed E-state index contributed by atoms with van der Waals surface area (Å²) < 4.78 is 0. The lowest BCUT2D eigenvalue weighted by molar-refractivity contribution is -0.160. The molecule has 1 saturated carbocycles. The van der Waals surface area contributed by atoms with E-state index < -0.39 is 5.60 Å². The van der Waals surface area contributed by atoms with Crippen LogP contribution in [0.25, 0.3) is 0 Å². The summed E-state index contributed by atoms with van der Waals surface area (Å²) in [5.41, 5.74) is -1.15. The first-order valence-electron chi connectivity index (χ1n) is 9.49. The SMILES string of the molecule is CN1CCN(C[C@]2(O)CCCN(CC3CCCCC3)C2=O)CC1. The highest BCUT2D eigenvalue weighted by atomic mass is 16.3. The average molecular weight is 323 g/mol. The van der Waals surface area contributed by atoms with Gasteiger partial charge in [-0.25, -0.2) is 0 Å². The number of aliphatic hydroxyl groups is 1. The van der Waals surface area contributed by atoms with E-state index in [1.807, 2.05) is 4.90 Å². The van der Waals surface area contributed by atoms with Gasteiger partial charge in [0, 0.05) is 45.8 Å². The maximum absolute atomic E-state index is 12.9. The first-order valence-corrected chi connectivity index (χ1v) is 9.49. The Morgan fingerprint density at radius 3 is 2.43 bits per heavy atom. The highest BCUT2D eigenvalue weighted by Crippen LogP contribution is 2.29. The van der Waals surface area contributed by atoms with Crippen LogP contribution < -0.4 is 0 Å². The van der Waals surface area contributed by atoms with Crippen LogP contribution in [-0.4, -0.2) is 84.2 Å². The fourth-order valence-corrected chi connectivity index (χ4v) is 4.44. The highest BCUT2D eigenvalue weighted by molar-refractivity contribution is 5.86. The Morgan fingerprint density at radius 1 is 1.04 bits per heavy atom. The standard InChI is InChI=1S/C18H33N3O2/c1-19-10-12-20(13-11-19)15-18(23)8-5-9-21(17(18)22)14-16-6-3-2-4-7-16/h16,23H,2-15H2,1H3/t18-/m1/s1. The van der Waals surface area contributed by atoms with Crippen molar-refractivity contribution in [1.82, 2.24) is 14.7 Å². The zero-order valence-electron chi connectivity index (χ0n) is 14.7.